The second-order valence-electron chi connectivity index (χ2n) is 4.56. The summed E-state index contributed by atoms with van der Waals surface area (Å²) in [6.07, 6.45) is 0. The lowest BCUT2D eigenvalue weighted by Gasteiger charge is -2.07. The molecule has 0 aliphatic heterocycles. The topological polar surface area (TPSA) is 56.9 Å². The monoisotopic (exact) mass is 292 g/mol. The highest BCUT2D eigenvalue weighted by Gasteiger charge is 2.08. The van der Waals surface area contributed by atoms with Crippen molar-refractivity contribution in [2.75, 3.05) is 0 Å². The van der Waals surface area contributed by atoms with Crippen molar-refractivity contribution in [3.05, 3.63) is 65.7 Å². The molecule has 1 heterocycles. The maximum absolute atomic E-state index is 9.73. The molecule has 0 fully saturated rings. The van der Waals surface area contributed by atoms with Gasteiger partial charge in [0.25, 0.3) is 0 Å². The van der Waals surface area contributed by atoms with Crippen molar-refractivity contribution in [3.63, 3.8) is 0 Å². The fourth-order valence-electron chi connectivity index (χ4n) is 2.16. The molecule has 4 heteroatoms. The Bertz CT molecular complexity index is 840. The van der Waals surface area contributed by atoms with E-state index in [2.05, 4.69) is 11.1 Å². The number of aromatic hydroxyl groups is 1. The number of hydrogen-bond donors (Lipinski definition) is 1. The van der Waals surface area contributed by atoms with Gasteiger partial charge in [-0.1, -0.05) is 42.5 Å². The Morgan fingerprint density at radius 3 is 2.71 bits per heavy atom. The van der Waals surface area contributed by atoms with Gasteiger partial charge in [0.2, 0.25) is 5.88 Å². The summed E-state index contributed by atoms with van der Waals surface area (Å²) in [4.78, 5) is 4.21. The molecule has 0 saturated heterocycles. The number of aromatic nitrogens is 1. The molecule has 3 rings (SSSR count). The van der Waals surface area contributed by atoms with Crippen molar-refractivity contribution in [1.82, 2.24) is 4.98 Å². The van der Waals surface area contributed by atoms with Crippen molar-refractivity contribution < 1.29 is 5.11 Å². The Hall–Kier alpha value is -2.51. The van der Waals surface area contributed by atoms with Gasteiger partial charge < -0.3 is 5.11 Å². The quantitative estimate of drug-likeness (QED) is 0.738. The SMILES string of the molecule is N#Cc1ccccc1CSc1nc(O)cc2ccccc12. The number of benzene rings is 2. The third kappa shape index (κ3) is 2.83. The Labute approximate surface area is 126 Å². The third-order valence-corrected chi connectivity index (χ3v) is 4.23. The standard InChI is InChI=1S/C17H12N2OS/c18-10-13-6-1-2-7-14(13)11-21-17-15-8-4-3-5-12(15)9-16(20)19-17/h1-9H,11H2,(H,19,20). The molecule has 0 aliphatic carbocycles. The van der Waals surface area contributed by atoms with Crippen molar-refractivity contribution in [2.45, 2.75) is 10.8 Å². The molecule has 3 nitrogen and oxygen atoms in total. The minimum atomic E-state index is 0.0183. The van der Waals surface area contributed by atoms with Crippen LogP contribution in [0, 0.1) is 11.3 Å². The van der Waals surface area contributed by atoms with Gasteiger partial charge in [0.1, 0.15) is 5.03 Å². The van der Waals surface area contributed by atoms with Gasteiger partial charge in [-0.3, -0.25) is 0 Å². The normalized spacial score (nSPS) is 10.4. The van der Waals surface area contributed by atoms with E-state index in [1.807, 2.05) is 48.5 Å². The number of nitrogens with zero attached hydrogens (tertiary/aromatic N) is 2. The molecule has 0 bridgehead atoms. The predicted molar refractivity (Wildman–Crippen MR) is 84.1 cm³/mol. The van der Waals surface area contributed by atoms with Crippen molar-refractivity contribution >= 4 is 22.5 Å². The molecule has 0 radical (unpaired) electrons. The molecular formula is C17H12N2OS. The maximum Gasteiger partial charge on any atom is 0.212 e. The summed E-state index contributed by atoms with van der Waals surface area (Å²) >= 11 is 1.52. The number of hydrogen-bond acceptors (Lipinski definition) is 4. The molecule has 0 atom stereocenters. The molecule has 0 saturated carbocycles. The van der Waals surface area contributed by atoms with Gasteiger partial charge in [0.15, 0.2) is 0 Å². The van der Waals surface area contributed by atoms with E-state index in [0.717, 1.165) is 21.4 Å². The number of nitriles is 1. The number of pyridine rings is 1. The summed E-state index contributed by atoms with van der Waals surface area (Å²) in [5.74, 6) is 0.661. The minimum absolute atomic E-state index is 0.0183. The number of fused-ring (bicyclic) bond motifs is 1. The Morgan fingerprint density at radius 1 is 1.10 bits per heavy atom. The average molecular weight is 292 g/mol. The van der Waals surface area contributed by atoms with Gasteiger partial charge in [0, 0.05) is 17.2 Å². The van der Waals surface area contributed by atoms with Crippen LogP contribution in [0.2, 0.25) is 0 Å². The van der Waals surface area contributed by atoms with E-state index in [9.17, 15) is 5.11 Å². The molecule has 21 heavy (non-hydrogen) atoms. The summed E-state index contributed by atoms with van der Waals surface area (Å²) in [5.41, 5.74) is 1.65. The highest BCUT2D eigenvalue weighted by molar-refractivity contribution is 7.98. The summed E-state index contributed by atoms with van der Waals surface area (Å²) in [6, 6.07) is 19.2. The van der Waals surface area contributed by atoms with E-state index in [0.29, 0.717) is 11.3 Å². The Kier molecular flexibility index (Phi) is 3.76. The lowest BCUT2D eigenvalue weighted by Crippen LogP contribution is -1.89. The second kappa shape index (κ2) is 5.86. The van der Waals surface area contributed by atoms with Crippen LogP contribution in [0.3, 0.4) is 0 Å². The molecule has 1 N–H and O–H groups in total. The van der Waals surface area contributed by atoms with Gasteiger partial charge >= 0.3 is 0 Å². The van der Waals surface area contributed by atoms with E-state index in [1.165, 1.54) is 11.8 Å². The zero-order valence-electron chi connectivity index (χ0n) is 11.2. The van der Waals surface area contributed by atoms with Crippen LogP contribution in [-0.2, 0) is 5.75 Å². The Balaban J connectivity index is 1.94. The molecule has 0 spiro atoms. The van der Waals surface area contributed by atoms with E-state index >= 15 is 0 Å². The summed E-state index contributed by atoms with van der Waals surface area (Å²) in [7, 11) is 0. The van der Waals surface area contributed by atoms with Gasteiger partial charge in [-0.25, -0.2) is 4.98 Å². The van der Waals surface area contributed by atoms with Crippen molar-refractivity contribution in [2.24, 2.45) is 0 Å². The largest absolute Gasteiger partial charge is 0.493 e. The van der Waals surface area contributed by atoms with Crippen LogP contribution in [0.25, 0.3) is 10.8 Å². The molecule has 0 amide bonds. The first-order chi connectivity index (χ1) is 10.3. The lowest BCUT2D eigenvalue weighted by molar-refractivity contribution is 0.450. The molecule has 1 aromatic heterocycles. The van der Waals surface area contributed by atoms with E-state index in [4.69, 9.17) is 5.26 Å². The summed E-state index contributed by atoms with van der Waals surface area (Å²) in [5, 5.41) is 21.6. The average Bonchev–Trinajstić information content (AvgIpc) is 2.52. The first-order valence-electron chi connectivity index (χ1n) is 6.47. The van der Waals surface area contributed by atoms with Crippen molar-refractivity contribution in [3.8, 4) is 11.9 Å². The van der Waals surface area contributed by atoms with E-state index in [-0.39, 0.29) is 5.88 Å². The molecule has 0 aliphatic rings. The Morgan fingerprint density at radius 2 is 1.86 bits per heavy atom. The van der Waals surface area contributed by atoms with Crippen LogP contribution >= 0.6 is 11.8 Å². The molecule has 102 valence electrons. The molecular weight excluding hydrogens is 280 g/mol. The van der Waals surface area contributed by atoms with Gasteiger partial charge in [0.05, 0.1) is 11.6 Å². The van der Waals surface area contributed by atoms with Crippen molar-refractivity contribution in [1.29, 1.82) is 5.26 Å². The maximum atomic E-state index is 9.73. The number of rotatable bonds is 3. The second-order valence-corrected chi connectivity index (χ2v) is 5.53. The van der Waals surface area contributed by atoms with Crippen LogP contribution in [0.4, 0.5) is 0 Å². The minimum Gasteiger partial charge on any atom is -0.493 e. The summed E-state index contributed by atoms with van der Waals surface area (Å²) < 4.78 is 0. The smallest absolute Gasteiger partial charge is 0.212 e. The van der Waals surface area contributed by atoms with Crippen LogP contribution in [0.1, 0.15) is 11.1 Å². The first-order valence-corrected chi connectivity index (χ1v) is 7.46. The number of thioether (sulfide) groups is 1. The van der Waals surface area contributed by atoms with Crippen LogP contribution in [0.5, 0.6) is 5.88 Å². The fraction of sp³-hybridized carbons (Fsp3) is 0.0588. The fourth-order valence-corrected chi connectivity index (χ4v) is 3.21. The van der Waals surface area contributed by atoms with E-state index in [1.54, 1.807) is 6.07 Å². The lowest BCUT2D eigenvalue weighted by atomic mass is 10.1. The predicted octanol–water partition coefficient (Wildman–Crippen LogP) is 4.10. The zero-order valence-corrected chi connectivity index (χ0v) is 12.0. The van der Waals surface area contributed by atoms with Crippen LogP contribution < -0.4 is 0 Å². The first kappa shape index (κ1) is 13.5. The van der Waals surface area contributed by atoms with Gasteiger partial charge in [-0.15, -0.1) is 11.8 Å². The van der Waals surface area contributed by atoms with Gasteiger partial charge in [-0.2, -0.15) is 5.26 Å². The van der Waals surface area contributed by atoms with E-state index < -0.39 is 0 Å². The zero-order chi connectivity index (χ0) is 14.7. The molecule has 2 aromatic carbocycles. The molecule has 0 unspecified atom stereocenters. The van der Waals surface area contributed by atoms with Crippen LogP contribution in [-0.4, -0.2) is 10.1 Å². The highest BCUT2D eigenvalue weighted by Crippen LogP contribution is 2.31. The van der Waals surface area contributed by atoms with Crippen LogP contribution in [0.15, 0.2) is 59.6 Å². The van der Waals surface area contributed by atoms with Gasteiger partial charge in [-0.05, 0) is 17.0 Å². The highest BCUT2D eigenvalue weighted by atomic mass is 32.2. The summed E-state index contributed by atoms with van der Waals surface area (Å²) in [6.45, 7) is 0. The molecule has 3 aromatic rings. The third-order valence-electron chi connectivity index (χ3n) is 3.19.